The van der Waals surface area contributed by atoms with E-state index in [9.17, 15) is 4.79 Å². The molecule has 0 N–H and O–H groups in total. The Hall–Kier alpha value is -0.700. The number of allylic oxidation sites excluding steroid dienone is 2. The zero-order valence-electron chi connectivity index (χ0n) is 5.52. The highest BCUT2D eigenvalue weighted by molar-refractivity contribution is 6.67. The molecule has 56 valence electrons. The van der Waals surface area contributed by atoms with Crippen LogP contribution in [0.25, 0.3) is 0 Å². The summed E-state index contributed by atoms with van der Waals surface area (Å²) in [4.78, 5) is 10.5. The van der Waals surface area contributed by atoms with Crippen molar-refractivity contribution in [2.45, 2.75) is 6.92 Å². The van der Waals surface area contributed by atoms with Crippen LogP contribution in [0.5, 0.6) is 0 Å². The summed E-state index contributed by atoms with van der Waals surface area (Å²) in [6.07, 6.45) is 0. The lowest BCUT2D eigenvalue weighted by molar-refractivity contribution is -0.113. The van der Waals surface area contributed by atoms with E-state index >= 15 is 0 Å². The van der Waals surface area contributed by atoms with E-state index in [-0.39, 0.29) is 5.76 Å². The Bertz CT molecular complexity index is 185. The zero-order valence-corrected chi connectivity index (χ0v) is 6.27. The molecular formula is C6H7ClO3. The third kappa shape index (κ3) is 1.42. The molecule has 0 atom stereocenters. The summed E-state index contributed by atoms with van der Waals surface area (Å²) in [5.41, 5.74) is 0. The van der Waals surface area contributed by atoms with Gasteiger partial charge in [0.25, 0.3) is 5.24 Å². The number of carbonyl (C=O) groups excluding carboxylic acids is 1. The topological polar surface area (TPSA) is 35.5 Å². The van der Waals surface area contributed by atoms with E-state index in [0.717, 1.165) is 0 Å². The standard InChI is InChI=1S/C6H7ClO3/c1-4-5(6(7)8)10-3-2-9-4/h2-3H2,1H3. The average Bonchev–Trinajstić information content (AvgIpc) is 1.88. The van der Waals surface area contributed by atoms with Gasteiger partial charge in [0.2, 0.25) is 5.76 Å². The second-order valence-corrected chi connectivity index (χ2v) is 2.20. The van der Waals surface area contributed by atoms with Crippen LogP contribution >= 0.6 is 11.6 Å². The second kappa shape index (κ2) is 2.92. The highest BCUT2D eigenvalue weighted by Gasteiger charge is 2.16. The Morgan fingerprint density at radius 1 is 1.50 bits per heavy atom. The first-order valence-electron chi connectivity index (χ1n) is 2.88. The molecule has 1 aliphatic heterocycles. The fraction of sp³-hybridized carbons (Fsp3) is 0.500. The summed E-state index contributed by atoms with van der Waals surface area (Å²) in [5, 5.41) is -0.600. The van der Waals surface area contributed by atoms with E-state index in [2.05, 4.69) is 0 Å². The fourth-order valence-corrected chi connectivity index (χ4v) is 0.888. The van der Waals surface area contributed by atoms with Crippen LogP contribution in [0.4, 0.5) is 0 Å². The molecule has 0 saturated carbocycles. The number of hydrogen-bond acceptors (Lipinski definition) is 3. The van der Waals surface area contributed by atoms with Crippen LogP contribution in [0.15, 0.2) is 11.5 Å². The monoisotopic (exact) mass is 162 g/mol. The number of halogens is 1. The molecule has 4 heteroatoms. The Kier molecular flexibility index (Phi) is 2.17. The van der Waals surface area contributed by atoms with Crippen molar-refractivity contribution in [3.05, 3.63) is 11.5 Å². The van der Waals surface area contributed by atoms with Gasteiger partial charge in [-0.3, -0.25) is 4.79 Å². The molecule has 0 saturated heterocycles. The van der Waals surface area contributed by atoms with Crippen LogP contribution in [-0.2, 0) is 14.3 Å². The van der Waals surface area contributed by atoms with E-state index in [1.807, 2.05) is 0 Å². The van der Waals surface area contributed by atoms with Crippen molar-refractivity contribution >= 4 is 16.8 Å². The first kappa shape index (κ1) is 7.41. The minimum atomic E-state index is -0.600. The maximum atomic E-state index is 10.5. The van der Waals surface area contributed by atoms with Crippen molar-refractivity contribution < 1.29 is 14.3 Å². The van der Waals surface area contributed by atoms with Crippen molar-refractivity contribution in [1.82, 2.24) is 0 Å². The summed E-state index contributed by atoms with van der Waals surface area (Å²) in [5.74, 6) is 0.596. The first-order valence-corrected chi connectivity index (χ1v) is 3.26. The number of ether oxygens (including phenoxy) is 2. The Morgan fingerprint density at radius 2 is 2.10 bits per heavy atom. The van der Waals surface area contributed by atoms with Crippen LogP contribution in [0.2, 0.25) is 0 Å². The van der Waals surface area contributed by atoms with E-state index in [1.54, 1.807) is 6.92 Å². The highest BCUT2D eigenvalue weighted by atomic mass is 35.5. The van der Waals surface area contributed by atoms with E-state index < -0.39 is 5.24 Å². The molecule has 0 fully saturated rings. The van der Waals surface area contributed by atoms with Gasteiger partial charge in [-0.05, 0) is 18.5 Å². The molecule has 1 heterocycles. The normalized spacial score (nSPS) is 17.8. The molecule has 0 radical (unpaired) electrons. The van der Waals surface area contributed by atoms with Crippen molar-refractivity contribution in [3.63, 3.8) is 0 Å². The van der Waals surface area contributed by atoms with Gasteiger partial charge in [0.1, 0.15) is 19.0 Å². The van der Waals surface area contributed by atoms with Gasteiger partial charge in [-0.25, -0.2) is 0 Å². The third-order valence-electron chi connectivity index (χ3n) is 1.15. The SMILES string of the molecule is CC1=C(C(=O)Cl)OCCO1. The molecule has 0 bridgehead atoms. The lowest BCUT2D eigenvalue weighted by atomic mass is 10.4. The maximum Gasteiger partial charge on any atom is 0.290 e. The molecule has 0 spiro atoms. The molecule has 0 amide bonds. The van der Waals surface area contributed by atoms with Gasteiger partial charge in [0, 0.05) is 0 Å². The molecule has 0 aromatic heterocycles. The smallest absolute Gasteiger partial charge is 0.290 e. The van der Waals surface area contributed by atoms with Gasteiger partial charge < -0.3 is 9.47 Å². The molecular weight excluding hydrogens is 156 g/mol. The number of hydrogen-bond donors (Lipinski definition) is 0. The molecule has 0 aromatic rings. The summed E-state index contributed by atoms with van der Waals surface area (Å²) in [6, 6.07) is 0. The van der Waals surface area contributed by atoms with E-state index in [0.29, 0.717) is 19.0 Å². The summed E-state index contributed by atoms with van der Waals surface area (Å²) in [7, 11) is 0. The highest BCUT2D eigenvalue weighted by Crippen LogP contribution is 2.14. The molecule has 0 aromatic carbocycles. The quantitative estimate of drug-likeness (QED) is 0.541. The Balaban J connectivity index is 2.78. The van der Waals surface area contributed by atoms with Crippen molar-refractivity contribution in [2.75, 3.05) is 13.2 Å². The minimum absolute atomic E-state index is 0.132. The Morgan fingerprint density at radius 3 is 2.50 bits per heavy atom. The predicted molar refractivity (Wildman–Crippen MR) is 35.5 cm³/mol. The van der Waals surface area contributed by atoms with Crippen molar-refractivity contribution in [3.8, 4) is 0 Å². The van der Waals surface area contributed by atoms with Gasteiger partial charge in [0.15, 0.2) is 0 Å². The van der Waals surface area contributed by atoms with E-state index in [4.69, 9.17) is 21.1 Å². The van der Waals surface area contributed by atoms with E-state index in [1.165, 1.54) is 0 Å². The summed E-state index contributed by atoms with van der Waals surface area (Å²) >= 11 is 5.15. The predicted octanol–water partition coefficient (Wildman–Crippen LogP) is 1.03. The van der Waals surface area contributed by atoms with Gasteiger partial charge in [-0.1, -0.05) is 0 Å². The van der Waals surface area contributed by atoms with Gasteiger partial charge in [-0.2, -0.15) is 0 Å². The minimum Gasteiger partial charge on any atom is -0.491 e. The lowest BCUT2D eigenvalue weighted by Crippen LogP contribution is -2.15. The molecule has 3 nitrogen and oxygen atoms in total. The second-order valence-electron chi connectivity index (χ2n) is 1.86. The van der Waals surface area contributed by atoms with Gasteiger partial charge in [-0.15, -0.1) is 0 Å². The van der Waals surface area contributed by atoms with Gasteiger partial charge in [0.05, 0.1) is 0 Å². The number of rotatable bonds is 1. The van der Waals surface area contributed by atoms with Crippen LogP contribution in [0.3, 0.4) is 0 Å². The maximum absolute atomic E-state index is 10.5. The van der Waals surface area contributed by atoms with Crippen LogP contribution in [-0.4, -0.2) is 18.5 Å². The van der Waals surface area contributed by atoms with Gasteiger partial charge >= 0.3 is 0 Å². The van der Waals surface area contributed by atoms with Crippen LogP contribution < -0.4 is 0 Å². The zero-order chi connectivity index (χ0) is 7.56. The Labute approximate surface area is 63.6 Å². The summed E-state index contributed by atoms with van der Waals surface area (Å²) in [6.45, 7) is 2.53. The van der Waals surface area contributed by atoms with Crippen LogP contribution in [0.1, 0.15) is 6.92 Å². The lowest BCUT2D eigenvalue weighted by Gasteiger charge is -2.16. The fourth-order valence-electron chi connectivity index (χ4n) is 0.701. The van der Waals surface area contributed by atoms with Crippen molar-refractivity contribution in [1.29, 1.82) is 0 Å². The molecule has 1 rings (SSSR count). The third-order valence-corrected chi connectivity index (χ3v) is 1.32. The summed E-state index contributed by atoms with van der Waals surface area (Å²) < 4.78 is 9.93. The van der Waals surface area contributed by atoms with Crippen LogP contribution in [0, 0.1) is 0 Å². The molecule has 1 aliphatic rings. The average molecular weight is 163 g/mol. The first-order chi connectivity index (χ1) is 4.72. The molecule has 0 unspecified atom stereocenters. The molecule has 10 heavy (non-hydrogen) atoms. The molecule has 0 aliphatic carbocycles. The largest absolute Gasteiger partial charge is 0.491 e. The van der Waals surface area contributed by atoms with Crippen molar-refractivity contribution in [2.24, 2.45) is 0 Å². The number of carbonyl (C=O) groups is 1.